The molecule has 1 amide bonds. The van der Waals surface area contributed by atoms with Gasteiger partial charge < -0.3 is 10.1 Å². The number of amides is 1. The summed E-state index contributed by atoms with van der Waals surface area (Å²) in [6.45, 7) is 5.53. The largest absolute Gasteiger partial charge is 0.467 e. The van der Waals surface area contributed by atoms with Gasteiger partial charge in [0.15, 0.2) is 0 Å². The molecule has 8 nitrogen and oxygen atoms in total. The molecule has 1 fully saturated rings. The average molecular weight is 390 g/mol. The highest BCUT2D eigenvalue weighted by atomic mass is 16.6. The minimum absolute atomic E-state index is 0.0400. The summed E-state index contributed by atoms with van der Waals surface area (Å²) in [5, 5.41) is 13.4. The molecule has 1 aliphatic carbocycles. The second-order valence-electron chi connectivity index (χ2n) is 7.89. The number of nitrogens with one attached hydrogen (secondary N) is 1. The zero-order chi connectivity index (χ0) is 21.1. The topological polar surface area (TPSA) is 116 Å². The van der Waals surface area contributed by atoms with Gasteiger partial charge in [0.25, 0.3) is 5.69 Å². The number of non-ortho nitro benzene ring substituents is 1. The Morgan fingerprint density at radius 2 is 1.89 bits per heavy atom. The van der Waals surface area contributed by atoms with Gasteiger partial charge in [0, 0.05) is 30.9 Å². The Hall–Kier alpha value is -2.77. The Labute approximate surface area is 163 Å². The molecular weight excluding hydrogens is 364 g/mol. The number of nitro groups is 1. The second-order valence-corrected chi connectivity index (χ2v) is 7.89. The lowest BCUT2D eigenvalue weighted by atomic mass is 9.52. The summed E-state index contributed by atoms with van der Waals surface area (Å²) in [6, 6.07) is 4.92. The van der Waals surface area contributed by atoms with Crippen molar-refractivity contribution in [2.24, 2.45) is 17.3 Å². The minimum Gasteiger partial charge on any atom is -0.467 e. The summed E-state index contributed by atoms with van der Waals surface area (Å²) in [5.74, 6) is -0.702. The molecule has 152 valence electrons. The molecule has 8 heteroatoms. The van der Waals surface area contributed by atoms with Gasteiger partial charge in [-0.1, -0.05) is 26.0 Å². The van der Waals surface area contributed by atoms with E-state index >= 15 is 0 Å². The first kappa shape index (κ1) is 21.5. The fourth-order valence-corrected chi connectivity index (χ4v) is 3.85. The van der Waals surface area contributed by atoms with Gasteiger partial charge in [0.2, 0.25) is 5.91 Å². The number of benzene rings is 1. The third kappa shape index (κ3) is 4.74. The lowest BCUT2D eigenvalue weighted by molar-refractivity contribution is -0.384. The van der Waals surface area contributed by atoms with E-state index < -0.39 is 16.9 Å². The predicted molar refractivity (Wildman–Crippen MR) is 101 cm³/mol. The van der Waals surface area contributed by atoms with Crippen LogP contribution in [0, 0.1) is 27.4 Å². The number of esters is 1. The first-order valence-electron chi connectivity index (χ1n) is 9.17. The molecule has 3 atom stereocenters. The van der Waals surface area contributed by atoms with Crippen molar-refractivity contribution in [1.29, 1.82) is 0 Å². The number of rotatable bonds is 8. The van der Waals surface area contributed by atoms with Crippen molar-refractivity contribution in [3.05, 3.63) is 39.9 Å². The monoisotopic (exact) mass is 390 g/mol. The highest BCUT2D eigenvalue weighted by Gasteiger charge is 2.50. The number of ketones is 1. The summed E-state index contributed by atoms with van der Waals surface area (Å²) in [6.07, 6.45) is 1.06. The Balaban J connectivity index is 2.00. The molecule has 2 unspecified atom stereocenters. The Morgan fingerprint density at radius 3 is 2.36 bits per heavy atom. The van der Waals surface area contributed by atoms with Gasteiger partial charge in [-0.2, -0.15) is 0 Å². The van der Waals surface area contributed by atoms with Crippen molar-refractivity contribution >= 4 is 23.3 Å². The molecule has 0 aliphatic heterocycles. The molecule has 0 heterocycles. The lowest BCUT2D eigenvalue weighted by Crippen LogP contribution is -2.51. The van der Waals surface area contributed by atoms with E-state index in [0.29, 0.717) is 12.0 Å². The summed E-state index contributed by atoms with van der Waals surface area (Å²) in [5.41, 5.74) is 0.374. The van der Waals surface area contributed by atoms with Gasteiger partial charge in [-0.05, 0) is 30.2 Å². The smallest absolute Gasteiger partial charge is 0.328 e. The number of nitro benzene ring substituents is 1. The van der Waals surface area contributed by atoms with Gasteiger partial charge in [-0.15, -0.1) is 0 Å². The highest BCUT2D eigenvalue weighted by Crippen LogP contribution is 2.53. The molecule has 2 rings (SSSR count). The Morgan fingerprint density at radius 1 is 1.29 bits per heavy atom. The van der Waals surface area contributed by atoms with Gasteiger partial charge >= 0.3 is 5.97 Å². The summed E-state index contributed by atoms with van der Waals surface area (Å²) in [7, 11) is 1.24. The standard InChI is InChI=1S/C20H26N2O6/c1-12(23)16-10-14(20(16,2)3)11-18(24)21-17(19(25)28-4)9-13-5-7-15(8-6-13)22(26)27/h5-8,14,16-17H,9-11H2,1-4H3,(H,21,24)/t14?,16?,17-/m0/s1. The first-order chi connectivity index (χ1) is 13.1. The van der Waals surface area contributed by atoms with Crippen LogP contribution >= 0.6 is 0 Å². The predicted octanol–water partition coefficient (Wildman–Crippen LogP) is 2.44. The maximum atomic E-state index is 12.5. The van der Waals surface area contributed by atoms with E-state index in [1.54, 1.807) is 19.1 Å². The number of hydrogen-bond acceptors (Lipinski definition) is 6. The van der Waals surface area contributed by atoms with Crippen LogP contribution in [0.4, 0.5) is 5.69 Å². The molecule has 0 saturated heterocycles. The maximum Gasteiger partial charge on any atom is 0.328 e. The molecule has 1 aliphatic rings. The number of carbonyl (C=O) groups excluding carboxylic acids is 3. The molecule has 1 aromatic rings. The van der Waals surface area contributed by atoms with Gasteiger partial charge in [-0.25, -0.2) is 4.79 Å². The number of Topliss-reactive ketones (excluding diaryl/α,β-unsaturated/α-hetero) is 1. The fraction of sp³-hybridized carbons (Fsp3) is 0.550. The van der Waals surface area contributed by atoms with E-state index in [9.17, 15) is 24.5 Å². The van der Waals surface area contributed by atoms with Gasteiger partial charge in [-0.3, -0.25) is 19.7 Å². The van der Waals surface area contributed by atoms with Crippen LogP contribution in [0.1, 0.15) is 39.2 Å². The van der Waals surface area contributed by atoms with E-state index in [4.69, 9.17) is 4.74 Å². The fourth-order valence-electron chi connectivity index (χ4n) is 3.85. The van der Waals surface area contributed by atoms with Crippen molar-refractivity contribution in [2.75, 3.05) is 7.11 Å². The Bertz CT molecular complexity index is 771. The molecule has 28 heavy (non-hydrogen) atoms. The zero-order valence-corrected chi connectivity index (χ0v) is 16.6. The molecule has 0 radical (unpaired) electrons. The van der Waals surface area contributed by atoms with E-state index in [2.05, 4.69) is 5.32 Å². The van der Waals surface area contributed by atoms with Crippen LogP contribution in [-0.4, -0.2) is 35.7 Å². The van der Waals surface area contributed by atoms with Crippen molar-refractivity contribution in [2.45, 2.75) is 46.1 Å². The molecule has 1 saturated carbocycles. The lowest BCUT2D eigenvalue weighted by Gasteiger charge is -2.51. The molecular formula is C20H26N2O6. The zero-order valence-electron chi connectivity index (χ0n) is 16.6. The van der Waals surface area contributed by atoms with Crippen molar-refractivity contribution in [3.63, 3.8) is 0 Å². The average Bonchev–Trinajstić information content (AvgIpc) is 2.63. The molecule has 0 aromatic heterocycles. The molecule has 0 spiro atoms. The van der Waals surface area contributed by atoms with Crippen molar-refractivity contribution in [1.82, 2.24) is 5.32 Å². The Kier molecular flexibility index (Phi) is 6.53. The number of ether oxygens (including phenoxy) is 1. The van der Waals surface area contributed by atoms with Gasteiger partial charge in [0.05, 0.1) is 12.0 Å². The van der Waals surface area contributed by atoms with Crippen LogP contribution in [0.5, 0.6) is 0 Å². The molecule has 1 N–H and O–H groups in total. The quantitative estimate of drug-likeness (QED) is 0.414. The number of hydrogen-bond donors (Lipinski definition) is 1. The number of carbonyl (C=O) groups is 3. The van der Waals surface area contributed by atoms with Crippen LogP contribution in [-0.2, 0) is 25.5 Å². The van der Waals surface area contributed by atoms with Gasteiger partial charge in [0.1, 0.15) is 11.8 Å². The second kappa shape index (κ2) is 8.50. The summed E-state index contributed by atoms with van der Waals surface area (Å²) in [4.78, 5) is 46.4. The van der Waals surface area contributed by atoms with E-state index in [-0.39, 0.29) is 47.5 Å². The number of methoxy groups -OCH3 is 1. The normalized spacial score (nSPS) is 21.1. The highest BCUT2D eigenvalue weighted by molar-refractivity contribution is 5.85. The summed E-state index contributed by atoms with van der Waals surface area (Å²) >= 11 is 0. The van der Waals surface area contributed by atoms with Crippen molar-refractivity contribution in [3.8, 4) is 0 Å². The third-order valence-corrected chi connectivity index (χ3v) is 5.80. The molecule has 0 bridgehead atoms. The number of nitrogens with zero attached hydrogens (tertiary/aromatic N) is 1. The van der Waals surface area contributed by atoms with Crippen LogP contribution in [0.3, 0.4) is 0 Å². The van der Waals surface area contributed by atoms with Crippen molar-refractivity contribution < 1.29 is 24.0 Å². The first-order valence-corrected chi connectivity index (χ1v) is 9.17. The minimum atomic E-state index is -0.884. The van der Waals surface area contributed by atoms with Crippen LogP contribution in [0.25, 0.3) is 0 Å². The van der Waals surface area contributed by atoms with E-state index in [1.807, 2.05) is 13.8 Å². The van der Waals surface area contributed by atoms with E-state index in [0.717, 1.165) is 0 Å². The summed E-state index contributed by atoms with van der Waals surface area (Å²) < 4.78 is 4.78. The maximum absolute atomic E-state index is 12.5. The third-order valence-electron chi connectivity index (χ3n) is 5.80. The van der Waals surface area contributed by atoms with Crippen LogP contribution in [0.15, 0.2) is 24.3 Å². The molecule has 1 aromatic carbocycles. The van der Waals surface area contributed by atoms with Crippen LogP contribution < -0.4 is 5.32 Å². The van der Waals surface area contributed by atoms with E-state index in [1.165, 1.54) is 19.2 Å². The van der Waals surface area contributed by atoms with Crippen LogP contribution in [0.2, 0.25) is 0 Å². The SMILES string of the molecule is COC(=O)[C@H](Cc1ccc([N+](=O)[O-])cc1)NC(=O)CC1CC(C(C)=O)C1(C)C.